The molecule has 0 radical (unpaired) electrons. The van der Waals surface area contributed by atoms with Gasteiger partial charge < -0.3 is 4.74 Å². The first-order chi connectivity index (χ1) is 8.57. The average molecular weight is 245 g/mol. The van der Waals surface area contributed by atoms with E-state index in [1.807, 2.05) is 0 Å². The molecule has 3 rings (SSSR count). The van der Waals surface area contributed by atoms with Crippen molar-refractivity contribution in [3.8, 4) is 0 Å². The molecular weight excluding hydrogens is 222 g/mol. The van der Waals surface area contributed by atoms with Gasteiger partial charge in [0.15, 0.2) is 0 Å². The van der Waals surface area contributed by atoms with Crippen LogP contribution in [0.15, 0.2) is 30.3 Å². The van der Waals surface area contributed by atoms with Crippen molar-refractivity contribution >= 4 is 0 Å². The first-order valence-corrected chi connectivity index (χ1v) is 7.03. The second-order valence-corrected chi connectivity index (χ2v) is 6.68. The molecule has 1 saturated heterocycles. The fourth-order valence-corrected chi connectivity index (χ4v) is 3.63. The van der Waals surface area contributed by atoms with Crippen LogP contribution in [0.4, 0.5) is 0 Å². The van der Waals surface area contributed by atoms with Gasteiger partial charge in [-0.3, -0.25) is 5.32 Å². The number of hydrogen-bond donors (Lipinski definition) is 1. The molecule has 0 aromatic heterocycles. The molecule has 1 N–H and O–H groups in total. The highest BCUT2D eigenvalue weighted by atomic mass is 16.5. The van der Waals surface area contributed by atoms with E-state index in [0.29, 0.717) is 11.5 Å². The molecule has 0 bridgehead atoms. The maximum absolute atomic E-state index is 5.99. The fourth-order valence-electron chi connectivity index (χ4n) is 3.63. The molecule has 1 saturated carbocycles. The zero-order valence-electron chi connectivity index (χ0n) is 11.4. The van der Waals surface area contributed by atoms with Gasteiger partial charge in [-0.1, -0.05) is 44.2 Å². The highest BCUT2D eigenvalue weighted by Gasteiger charge is 2.52. The second-order valence-electron chi connectivity index (χ2n) is 6.68. The average Bonchev–Trinajstić information content (AvgIpc) is 2.28. The van der Waals surface area contributed by atoms with Crippen LogP contribution >= 0.6 is 0 Å². The van der Waals surface area contributed by atoms with Gasteiger partial charge in [-0.05, 0) is 36.7 Å². The lowest BCUT2D eigenvalue weighted by molar-refractivity contribution is -0.204. The van der Waals surface area contributed by atoms with Gasteiger partial charge in [-0.25, -0.2) is 0 Å². The molecular formula is C16H23NO. The summed E-state index contributed by atoms with van der Waals surface area (Å²) in [6.07, 6.45) is 4.53. The van der Waals surface area contributed by atoms with Crippen LogP contribution in [0.2, 0.25) is 0 Å². The molecule has 2 heteroatoms. The standard InChI is InChI=1S/C16H23NO/c1-15(2)11-16(12-15)17-14(8-9-18-16)10-13-6-4-3-5-7-13/h3-7,14,17H,8-12H2,1-2H3. The summed E-state index contributed by atoms with van der Waals surface area (Å²) < 4.78 is 5.99. The minimum Gasteiger partial charge on any atom is -0.361 e. The zero-order valence-corrected chi connectivity index (χ0v) is 11.4. The molecule has 2 nitrogen and oxygen atoms in total. The number of benzene rings is 1. The monoisotopic (exact) mass is 245 g/mol. The Bertz CT molecular complexity index is 404. The van der Waals surface area contributed by atoms with Gasteiger partial charge in [0.25, 0.3) is 0 Å². The Morgan fingerprint density at radius 1 is 1.22 bits per heavy atom. The number of hydrogen-bond acceptors (Lipinski definition) is 2. The molecule has 1 atom stereocenters. The lowest BCUT2D eigenvalue weighted by Gasteiger charge is -2.56. The number of nitrogens with one attached hydrogen (secondary N) is 1. The molecule has 1 aliphatic carbocycles. The normalized spacial score (nSPS) is 28.9. The van der Waals surface area contributed by atoms with Crippen LogP contribution in [0.25, 0.3) is 0 Å². The maximum atomic E-state index is 5.99. The van der Waals surface area contributed by atoms with Gasteiger partial charge in [0, 0.05) is 6.04 Å². The summed E-state index contributed by atoms with van der Waals surface area (Å²) in [7, 11) is 0. The van der Waals surface area contributed by atoms with Gasteiger partial charge >= 0.3 is 0 Å². The number of rotatable bonds is 2. The minimum atomic E-state index is -0.0127. The molecule has 1 spiro atoms. The van der Waals surface area contributed by atoms with Crippen molar-refractivity contribution in [3.05, 3.63) is 35.9 Å². The van der Waals surface area contributed by atoms with E-state index in [0.717, 1.165) is 32.3 Å². The van der Waals surface area contributed by atoms with E-state index in [2.05, 4.69) is 49.5 Å². The smallest absolute Gasteiger partial charge is 0.120 e. The van der Waals surface area contributed by atoms with Crippen LogP contribution in [0, 0.1) is 5.41 Å². The number of ether oxygens (including phenoxy) is 1. The van der Waals surface area contributed by atoms with Crippen LogP contribution in [0.3, 0.4) is 0 Å². The highest BCUT2D eigenvalue weighted by molar-refractivity contribution is 5.16. The van der Waals surface area contributed by atoms with Crippen molar-refractivity contribution < 1.29 is 4.74 Å². The van der Waals surface area contributed by atoms with Crippen molar-refractivity contribution in [2.24, 2.45) is 5.41 Å². The fraction of sp³-hybridized carbons (Fsp3) is 0.625. The predicted molar refractivity (Wildman–Crippen MR) is 73.4 cm³/mol. The van der Waals surface area contributed by atoms with E-state index in [4.69, 9.17) is 4.74 Å². The highest BCUT2D eigenvalue weighted by Crippen LogP contribution is 2.49. The molecule has 1 unspecified atom stereocenters. The lowest BCUT2D eigenvalue weighted by Crippen LogP contribution is -2.66. The first kappa shape index (κ1) is 12.2. The summed E-state index contributed by atoms with van der Waals surface area (Å²) in [6, 6.07) is 11.3. The molecule has 98 valence electrons. The van der Waals surface area contributed by atoms with Crippen molar-refractivity contribution in [2.75, 3.05) is 6.61 Å². The van der Waals surface area contributed by atoms with E-state index < -0.39 is 0 Å². The van der Waals surface area contributed by atoms with Crippen LogP contribution < -0.4 is 5.32 Å². The molecule has 1 aromatic rings. The van der Waals surface area contributed by atoms with Crippen LogP contribution in [0.5, 0.6) is 0 Å². The van der Waals surface area contributed by atoms with Gasteiger partial charge in [-0.2, -0.15) is 0 Å². The summed E-state index contributed by atoms with van der Waals surface area (Å²) in [5.41, 5.74) is 1.86. The third kappa shape index (κ3) is 2.45. The summed E-state index contributed by atoms with van der Waals surface area (Å²) >= 11 is 0. The summed E-state index contributed by atoms with van der Waals surface area (Å²) in [4.78, 5) is 0. The third-order valence-electron chi connectivity index (χ3n) is 4.16. The summed E-state index contributed by atoms with van der Waals surface area (Å²) in [6.45, 7) is 5.55. The van der Waals surface area contributed by atoms with Crippen LogP contribution in [-0.4, -0.2) is 18.4 Å². The van der Waals surface area contributed by atoms with E-state index in [1.165, 1.54) is 5.56 Å². The predicted octanol–water partition coefficient (Wildman–Crippen LogP) is 3.12. The molecule has 2 aliphatic rings. The molecule has 1 heterocycles. The lowest BCUT2D eigenvalue weighted by atomic mass is 9.65. The topological polar surface area (TPSA) is 21.3 Å². The van der Waals surface area contributed by atoms with E-state index in [-0.39, 0.29) is 5.72 Å². The molecule has 2 fully saturated rings. The van der Waals surface area contributed by atoms with Gasteiger partial charge in [0.05, 0.1) is 6.61 Å². The summed E-state index contributed by atoms with van der Waals surface area (Å²) in [5.74, 6) is 0. The van der Waals surface area contributed by atoms with Crippen molar-refractivity contribution in [2.45, 2.75) is 51.3 Å². The maximum Gasteiger partial charge on any atom is 0.120 e. The SMILES string of the molecule is CC1(C)CC2(C1)NC(Cc1ccccc1)CCO2. The Hall–Kier alpha value is -0.860. The van der Waals surface area contributed by atoms with Crippen LogP contribution in [0.1, 0.15) is 38.7 Å². The van der Waals surface area contributed by atoms with E-state index >= 15 is 0 Å². The largest absolute Gasteiger partial charge is 0.361 e. The Labute approximate surface area is 110 Å². The Morgan fingerprint density at radius 2 is 1.94 bits per heavy atom. The first-order valence-electron chi connectivity index (χ1n) is 7.03. The van der Waals surface area contributed by atoms with Gasteiger partial charge in [0.1, 0.15) is 5.72 Å². The molecule has 1 aliphatic heterocycles. The molecule has 1 aromatic carbocycles. The Morgan fingerprint density at radius 3 is 2.61 bits per heavy atom. The Kier molecular flexibility index (Phi) is 2.95. The van der Waals surface area contributed by atoms with Crippen molar-refractivity contribution in [1.82, 2.24) is 5.32 Å². The minimum absolute atomic E-state index is 0.0127. The molecule has 18 heavy (non-hydrogen) atoms. The zero-order chi connectivity index (χ0) is 12.6. The van der Waals surface area contributed by atoms with Gasteiger partial charge in [0.2, 0.25) is 0 Å². The molecule has 0 amide bonds. The van der Waals surface area contributed by atoms with E-state index in [9.17, 15) is 0 Å². The Balaban J connectivity index is 1.62. The second kappa shape index (κ2) is 4.36. The summed E-state index contributed by atoms with van der Waals surface area (Å²) in [5, 5.41) is 3.75. The van der Waals surface area contributed by atoms with E-state index in [1.54, 1.807) is 0 Å². The third-order valence-corrected chi connectivity index (χ3v) is 4.16. The van der Waals surface area contributed by atoms with Crippen molar-refractivity contribution in [3.63, 3.8) is 0 Å². The van der Waals surface area contributed by atoms with Crippen molar-refractivity contribution in [1.29, 1.82) is 0 Å². The van der Waals surface area contributed by atoms with Crippen LogP contribution in [-0.2, 0) is 11.2 Å². The van der Waals surface area contributed by atoms with Gasteiger partial charge in [-0.15, -0.1) is 0 Å². The quantitative estimate of drug-likeness (QED) is 0.864.